The molecule has 3 rings (SSSR count). The molecule has 1 aliphatic heterocycles. The molecule has 0 unspecified atom stereocenters. The Hall–Kier alpha value is -0.570. The summed E-state index contributed by atoms with van der Waals surface area (Å²) in [6.45, 7) is 9.00. The van der Waals surface area contributed by atoms with Crippen LogP contribution in [0.2, 0.25) is 0 Å². The molecule has 19 heavy (non-hydrogen) atoms. The smallest absolute Gasteiger partial charge is 0.335 e. The summed E-state index contributed by atoms with van der Waals surface area (Å²) >= 11 is 0. The first-order valence-electron chi connectivity index (χ1n) is 7.62. The molecule has 0 bridgehead atoms. The minimum Gasteiger partial charge on any atom is -0.457 e. The van der Waals surface area contributed by atoms with Crippen LogP contribution in [0.25, 0.3) is 0 Å². The fourth-order valence-electron chi connectivity index (χ4n) is 5.78. The third kappa shape index (κ3) is 1.63. The third-order valence-electron chi connectivity index (χ3n) is 6.46. The quantitative estimate of drug-likeness (QED) is 0.686. The highest BCUT2D eigenvalue weighted by molar-refractivity contribution is 5.78. The van der Waals surface area contributed by atoms with Crippen LogP contribution >= 0.6 is 0 Å². The monoisotopic (exact) mass is 266 g/mol. The number of aliphatic hydroxyl groups excluding tert-OH is 1. The molecule has 5 atom stereocenters. The molecule has 2 saturated carbocycles. The Kier molecular flexibility index (Phi) is 2.65. The second-order valence-corrected chi connectivity index (χ2v) is 8.10. The maximum Gasteiger partial charge on any atom is 0.335 e. The zero-order valence-electron chi connectivity index (χ0n) is 12.5. The van der Waals surface area contributed by atoms with E-state index in [0.717, 1.165) is 19.3 Å². The Morgan fingerprint density at radius 1 is 1.16 bits per heavy atom. The molecule has 2 aliphatic carbocycles. The molecule has 0 spiro atoms. The molecule has 0 radical (unpaired) electrons. The Bertz CT molecular complexity index is 416. The van der Waals surface area contributed by atoms with E-state index in [4.69, 9.17) is 4.74 Å². The summed E-state index contributed by atoms with van der Waals surface area (Å²) in [5.74, 6) is 0.138. The van der Waals surface area contributed by atoms with Gasteiger partial charge in [0, 0.05) is 5.92 Å². The van der Waals surface area contributed by atoms with Crippen LogP contribution < -0.4 is 0 Å². The maximum atomic E-state index is 11.9. The Morgan fingerprint density at radius 2 is 1.84 bits per heavy atom. The van der Waals surface area contributed by atoms with Gasteiger partial charge in [0.2, 0.25) is 0 Å². The number of hydrogen-bond donors (Lipinski definition) is 1. The standard InChI is InChI=1S/C16H26O3/c1-14(2)7-5-8-15(3)10(14)6-9-16(4)12(15)11(17)13(18)19-16/h10-12,17H,5-9H2,1-4H3/t10-,11+,12+,15-,16-/m0/s1. The number of carbonyl (C=O) groups is 1. The highest BCUT2D eigenvalue weighted by Crippen LogP contribution is 2.64. The van der Waals surface area contributed by atoms with E-state index >= 15 is 0 Å². The summed E-state index contributed by atoms with van der Waals surface area (Å²) in [6, 6.07) is 0. The van der Waals surface area contributed by atoms with Crippen LogP contribution in [0.4, 0.5) is 0 Å². The second-order valence-electron chi connectivity index (χ2n) is 8.10. The maximum absolute atomic E-state index is 11.9. The van der Waals surface area contributed by atoms with Crippen LogP contribution in [-0.2, 0) is 9.53 Å². The molecule has 3 nitrogen and oxygen atoms in total. The predicted molar refractivity (Wildman–Crippen MR) is 72.5 cm³/mol. The third-order valence-corrected chi connectivity index (χ3v) is 6.46. The van der Waals surface area contributed by atoms with Crippen molar-refractivity contribution in [2.24, 2.45) is 22.7 Å². The highest BCUT2D eigenvalue weighted by Gasteiger charge is 2.66. The number of fused-ring (bicyclic) bond motifs is 3. The van der Waals surface area contributed by atoms with E-state index in [1.54, 1.807) is 0 Å². The fourth-order valence-corrected chi connectivity index (χ4v) is 5.78. The molecule has 0 aromatic rings. The molecular weight excluding hydrogens is 240 g/mol. The predicted octanol–water partition coefficient (Wildman–Crippen LogP) is 2.91. The van der Waals surface area contributed by atoms with Gasteiger partial charge in [-0.15, -0.1) is 0 Å². The van der Waals surface area contributed by atoms with Gasteiger partial charge in [-0.3, -0.25) is 0 Å². The summed E-state index contributed by atoms with van der Waals surface area (Å²) in [4.78, 5) is 11.9. The SMILES string of the molecule is CC1(C)CCC[C@]2(C)[C@H]3[C@@H](O)C(=O)O[C@@]3(C)CC[C@@H]12. The van der Waals surface area contributed by atoms with E-state index in [0.29, 0.717) is 11.3 Å². The van der Waals surface area contributed by atoms with Crippen molar-refractivity contribution in [1.82, 2.24) is 0 Å². The van der Waals surface area contributed by atoms with Crippen molar-refractivity contribution in [3.8, 4) is 0 Å². The molecule has 3 fully saturated rings. The minimum absolute atomic E-state index is 0.0281. The van der Waals surface area contributed by atoms with Crippen molar-refractivity contribution in [2.75, 3.05) is 0 Å². The molecule has 0 aromatic carbocycles. The number of esters is 1. The van der Waals surface area contributed by atoms with Gasteiger partial charge in [-0.25, -0.2) is 4.79 Å². The molecule has 3 heteroatoms. The van der Waals surface area contributed by atoms with Crippen LogP contribution in [0.3, 0.4) is 0 Å². The lowest BCUT2D eigenvalue weighted by atomic mass is 9.45. The van der Waals surface area contributed by atoms with E-state index in [2.05, 4.69) is 20.8 Å². The lowest BCUT2D eigenvalue weighted by Crippen LogP contribution is -2.58. The largest absolute Gasteiger partial charge is 0.457 e. The normalized spacial score (nSPS) is 52.3. The summed E-state index contributed by atoms with van der Waals surface area (Å²) in [5.41, 5.74) is -0.116. The summed E-state index contributed by atoms with van der Waals surface area (Å²) in [5, 5.41) is 10.4. The van der Waals surface area contributed by atoms with E-state index in [1.807, 2.05) is 6.92 Å². The molecule has 3 aliphatic rings. The first kappa shape index (κ1) is 13.4. The van der Waals surface area contributed by atoms with Gasteiger partial charge in [-0.05, 0) is 49.4 Å². The lowest BCUT2D eigenvalue weighted by Gasteiger charge is -2.59. The van der Waals surface area contributed by atoms with Gasteiger partial charge in [0.15, 0.2) is 6.10 Å². The van der Waals surface area contributed by atoms with E-state index in [9.17, 15) is 9.90 Å². The van der Waals surface area contributed by atoms with Crippen LogP contribution in [0.5, 0.6) is 0 Å². The number of hydrogen-bond acceptors (Lipinski definition) is 3. The van der Waals surface area contributed by atoms with Crippen LogP contribution in [0, 0.1) is 22.7 Å². The Morgan fingerprint density at radius 3 is 2.53 bits per heavy atom. The van der Waals surface area contributed by atoms with Crippen LogP contribution in [0.15, 0.2) is 0 Å². The van der Waals surface area contributed by atoms with E-state index < -0.39 is 17.7 Å². The zero-order valence-corrected chi connectivity index (χ0v) is 12.5. The molecule has 1 heterocycles. The summed E-state index contributed by atoms with van der Waals surface area (Å²) < 4.78 is 5.56. The first-order chi connectivity index (χ1) is 8.71. The van der Waals surface area contributed by atoms with Crippen molar-refractivity contribution in [3.63, 3.8) is 0 Å². The average Bonchev–Trinajstić information content (AvgIpc) is 2.49. The number of rotatable bonds is 0. The van der Waals surface area contributed by atoms with Crippen LogP contribution in [0.1, 0.15) is 59.8 Å². The summed E-state index contributed by atoms with van der Waals surface area (Å²) in [6.07, 6.45) is 4.62. The van der Waals surface area contributed by atoms with Crippen molar-refractivity contribution < 1.29 is 14.6 Å². The summed E-state index contributed by atoms with van der Waals surface area (Å²) in [7, 11) is 0. The fraction of sp³-hybridized carbons (Fsp3) is 0.938. The number of carbonyl (C=O) groups excluding carboxylic acids is 1. The Balaban J connectivity index is 2.05. The second kappa shape index (κ2) is 3.75. The zero-order chi connectivity index (χ0) is 14.1. The van der Waals surface area contributed by atoms with Gasteiger partial charge >= 0.3 is 5.97 Å². The van der Waals surface area contributed by atoms with Crippen molar-refractivity contribution in [2.45, 2.75) is 71.5 Å². The van der Waals surface area contributed by atoms with Gasteiger partial charge in [-0.2, -0.15) is 0 Å². The van der Waals surface area contributed by atoms with Gasteiger partial charge in [0.25, 0.3) is 0 Å². The number of aliphatic hydroxyl groups is 1. The van der Waals surface area contributed by atoms with Gasteiger partial charge in [0.05, 0.1) is 0 Å². The van der Waals surface area contributed by atoms with Gasteiger partial charge in [0.1, 0.15) is 5.60 Å². The molecule has 0 amide bonds. The highest BCUT2D eigenvalue weighted by atomic mass is 16.6. The first-order valence-corrected chi connectivity index (χ1v) is 7.62. The van der Waals surface area contributed by atoms with Crippen molar-refractivity contribution in [1.29, 1.82) is 0 Å². The topological polar surface area (TPSA) is 46.5 Å². The molecule has 1 N–H and O–H groups in total. The van der Waals surface area contributed by atoms with Crippen molar-refractivity contribution >= 4 is 5.97 Å². The molecular formula is C16H26O3. The minimum atomic E-state index is -0.924. The Labute approximate surface area is 115 Å². The number of ether oxygens (including phenoxy) is 1. The van der Waals surface area contributed by atoms with Gasteiger partial charge in [-0.1, -0.05) is 27.2 Å². The average molecular weight is 266 g/mol. The van der Waals surface area contributed by atoms with Gasteiger partial charge < -0.3 is 9.84 Å². The molecule has 1 saturated heterocycles. The van der Waals surface area contributed by atoms with Crippen LogP contribution in [-0.4, -0.2) is 22.8 Å². The molecule has 108 valence electrons. The van der Waals surface area contributed by atoms with E-state index in [1.165, 1.54) is 12.8 Å². The lowest BCUT2D eigenvalue weighted by molar-refractivity contribution is -0.165. The van der Waals surface area contributed by atoms with E-state index in [-0.39, 0.29) is 11.3 Å². The van der Waals surface area contributed by atoms with Crippen molar-refractivity contribution in [3.05, 3.63) is 0 Å². The molecule has 0 aromatic heterocycles.